The first kappa shape index (κ1) is 21.1. The Kier molecular flexibility index (Phi) is 9.00. The minimum absolute atomic E-state index is 0.0521. The summed E-state index contributed by atoms with van der Waals surface area (Å²) in [7, 11) is 3.41. The number of aliphatic imine (C=N–C) groups is 1. The van der Waals surface area contributed by atoms with E-state index in [9.17, 15) is 9.18 Å². The summed E-state index contributed by atoms with van der Waals surface area (Å²) in [6, 6.07) is 6.57. The van der Waals surface area contributed by atoms with Gasteiger partial charge in [0.1, 0.15) is 5.82 Å². The molecule has 0 spiro atoms. The van der Waals surface area contributed by atoms with Crippen molar-refractivity contribution in [3.63, 3.8) is 0 Å². The van der Waals surface area contributed by atoms with Crippen molar-refractivity contribution in [2.75, 3.05) is 60.0 Å². The molecule has 1 aromatic rings. The summed E-state index contributed by atoms with van der Waals surface area (Å²) in [6.45, 7) is 5.55. The molecule has 1 aliphatic heterocycles. The van der Waals surface area contributed by atoms with Crippen LogP contribution in [-0.2, 0) is 16.1 Å². The van der Waals surface area contributed by atoms with Gasteiger partial charge in [-0.2, -0.15) is 0 Å². The number of amides is 1. The van der Waals surface area contributed by atoms with E-state index in [1.54, 1.807) is 32.3 Å². The molecule has 0 atom stereocenters. The fourth-order valence-electron chi connectivity index (χ4n) is 2.62. The Balaban J connectivity index is 1.85. The largest absolute Gasteiger partial charge is 0.379 e. The van der Waals surface area contributed by atoms with E-state index >= 15 is 0 Å². The molecule has 150 valence electrons. The van der Waals surface area contributed by atoms with Gasteiger partial charge in [0.2, 0.25) is 5.91 Å². The van der Waals surface area contributed by atoms with Crippen LogP contribution in [0, 0.1) is 5.82 Å². The number of carbonyl (C=O) groups is 1. The number of ether oxygens (including phenoxy) is 1. The number of nitrogens with one attached hydrogen (secondary N) is 2. The van der Waals surface area contributed by atoms with E-state index in [2.05, 4.69) is 20.5 Å². The second-order valence-electron chi connectivity index (χ2n) is 6.63. The van der Waals surface area contributed by atoms with Crippen molar-refractivity contribution >= 4 is 11.9 Å². The van der Waals surface area contributed by atoms with E-state index in [1.807, 2.05) is 0 Å². The summed E-state index contributed by atoms with van der Waals surface area (Å²) >= 11 is 0. The number of carbonyl (C=O) groups excluding carboxylic acids is 1. The van der Waals surface area contributed by atoms with Crippen LogP contribution in [-0.4, -0.2) is 81.7 Å². The number of benzene rings is 1. The van der Waals surface area contributed by atoms with Gasteiger partial charge in [0, 0.05) is 39.3 Å². The summed E-state index contributed by atoms with van der Waals surface area (Å²) in [4.78, 5) is 20.1. The molecule has 2 rings (SSSR count). The van der Waals surface area contributed by atoms with Gasteiger partial charge in [0.05, 0.1) is 26.3 Å². The lowest BCUT2D eigenvalue weighted by atomic mass is 10.2. The minimum Gasteiger partial charge on any atom is -0.379 e. The molecule has 0 bridgehead atoms. The number of rotatable bonds is 8. The number of hydrogen-bond donors (Lipinski definition) is 2. The van der Waals surface area contributed by atoms with E-state index in [0.29, 0.717) is 11.5 Å². The van der Waals surface area contributed by atoms with E-state index in [1.165, 1.54) is 11.0 Å². The summed E-state index contributed by atoms with van der Waals surface area (Å²) in [5.74, 6) is 0.177. The molecule has 0 radical (unpaired) electrons. The van der Waals surface area contributed by atoms with Crippen LogP contribution in [0.4, 0.5) is 4.39 Å². The number of guanidine groups is 1. The maximum Gasteiger partial charge on any atom is 0.241 e. The zero-order chi connectivity index (χ0) is 19.5. The van der Waals surface area contributed by atoms with Crippen LogP contribution in [0.3, 0.4) is 0 Å². The van der Waals surface area contributed by atoms with E-state index in [4.69, 9.17) is 4.74 Å². The van der Waals surface area contributed by atoms with Crippen LogP contribution >= 0.6 is 0 Å². The lowest BCUT2D eigenvalue weighted by molar-refractivity contribution is -0.127. The molecular formula is C19H30FN5O2. The van der Waals surface area contributed by atoms with E-state index in [-0.39, 0.29) is 24.8 Å². The summed E-state index contributed by atoms with van der Waals surface area (Å²) in [6.07, 6.45) is 0.946. The quantitative estimate of drug-likeness (QED) is 0.395. The van der Waals surface area contributed by atoms with Gasteiger partial charge in [0.15, 0.2) is 5.96 Å². The highest BCUT2D eigenvalue weighted by molar-refractivity contribution is 5.86. The predicted molar refractivity (Wildman–Crippen MR) is 104 cm³/mol. The molecule has 1 aliphatic rings. The van der Waals surface area contributed by atoms with Crippen molar-refractivity contribution in [3.8, 4) is 0 Å². The lowest BCUT2D eigenvalue weighted by Crippen LogP contribution is -2.44. The molecule has 7 nitrogen and oxygen atoms in total. The summed E-state index contributed by atoms with van der Waals surface area (Å²) in [5.41, 5.74) is 0.519. The first-order valence-corrected chi connectivity index (χ1v) is 9.32. The summed E-state index contributed by atoms with van der Waals surface area (Å²) < 4.78 is 19.1. The van der Waals surface area contributed by atoms with Gasteiger partial charge in [-0.25, -0.2) is 9.38 Å². The molecule has 0 aromatic heterocycles. The van der Waals surface area contributed by atoms with Gasteiger partial charge >= 0.3 is 0 Å². The molecule has 1 amide bonds. The van der Waals surface area contributed by atoms with Crippen LogP contribution in [0.25, 0.3) is 0 Å². The molecule has 0 unspecified atom stereocenters. The van der Waals surface area contributed by atoms with E-state index in [0.717, 1.165) is 45.8 Å². The highest BCUT2D eigenvalue weighted by atomic mass is 19.1. The van der Waals surface area contributed by atoms with E-state index < -0.39 is 0 Å². The smallest absolute Gasteiger partial charge is 0.241 e. The third kappa shape index (κ3) is 7.92. The topological polar surface area (TPSA) is 69.2 Å². The van der Waals surface area contributed by atoms with Crippen molar-refractivity contribution in [1.29, 1.82) is 0 Å². The Hall–Kier alpha value is -2.19. The van der Waals surface area contributed by atoms with Crippen LogP contribution in [0.1, 0.15) is 12.0 Å². The van der Waals surface area contributed by atoms with Gasteiger partial charge in [0.25, 0.3) is 0 Å². The number of morpholine rings is 1. The first-order chi connectivity index (χ1) is 13.1. The van der Waals surface area contributed by atoms with Crippen molar-refractivity contribution in [2.45, 2.75) is 13.0 Å². The molecule has 1 saturated heterocycles. The number of halogens is 1. The van der Waals surface area contributed by atoms with Crippen LogP contribution in [0.2, 0.25) is 0 Å². The fourth-order valence-corrected chi connectivity index (χ4v) is 2.62. The first-order valence-electron chi connectivity index (χ1n) is 9.32. The number of likely N-dealkylation sites (N-methyl/N-ethyl adjacent to an activating group) is 1. The van der Waals surface area contributed by atoms with Crippen molar-refractivity contribution in [2.24, 2.45) is 4.99 Å². The zero-order valence-electron chi connectivity index (χ0n) is 16.2. The molecule has 1 fully saturated rings. The highest BCUT2D eigenvalue weighted by Gasteiger charge is 2.10. The van der Waals surface area contributed by atoms with Crippen LogP contribution in [0.5, 0.6) is 0 Å². The minimum atomic E-state index is -0.280. The van der Waals surface area contributed by atoms with Gasteiger partial charge in [-0.1, -0.05) is 18.2 Å². The second kappa shape index (κ2) is 11.5. The maximum absolute atomic E-state index is 13.8. The molecule has 27 heavy (non-hydrogen) atoms. The molecule has 1 heterocycles. The molecular weight excluding hydrogens is 349 g/mol. The Labute approximate surface area is 160 Å². The van der Waals surface area contributed by atoms with Gasteiger partial charge in [-0.15, -0.1) is 0 Å². The standard InChI is InChI=1S/C19H30FN5O2/c1-24(2)18(26)15-23-19(22-14-16-6-3-4-7-17(16)20)21-8-5-9-25-10-12-27-13-11-25/h3-4,6-7H,5,8-15H2,1-2H3,(H2,21,22,23). The Morgan fingerprint density at radius 1 is 1.26 bits per heavy atom. The Bertz CT molecular complexity index is 618. The molecule has 8 heteroatoms. The lowest BCUT2D eigenvalue weighted by Gasteiger charge is -2.26. The summed E-state index contributed by atoms with van der Waals surface area (Å²) in [5, 5.41) is 6.25. The highest BCUT2D eigenvalue weighted by Crippen LogP contribution is 2.07. The average molecular weight is 379 g/mol. The molecule has 2 N–H and O–H groups in total. The fraction of sp³-hybridized carbons (Fsp3) is 0.579. The van der Waals surface area contributed by atoms with Gasteiger partial charge in [-0.3, -0.25) is 9.69 Å². The monoisotopic (exact) mass is 379 g/mol. The van der Waals surface area contributed by atoms with Crippen LogP contribution < -0.4 is 10.6 Å². The average Bonchev–Trinajstić information content (AvgIpc) is 2.68. The molecule has 1 aromatic carbocycles. The third-order valence-electron chi connectivity index (χ3n) is 4.32. The zero-order valence-corrected chi connectivity index (χ0v) is 16.2. The molecule has 0 saturated carbocycles. The Morgan fingerprint density at radius 2 is 2.00 bits per heavy atom. The maximum atomic E-state index is 13.8. The van der Waals surface area contributed by atoms with Crippen molar-refractivity contribution in [1.82, 2.24) is 20.4 Å². The number of nitrogens with zero attached hydrogens (tertiary/aromatic N) is 3. The Morgan fingerprint density at radius 3 is 2.70 bits per heavy atom. The second-order valence-corrected chi connectivity index (χ2v) is 6.63. The number of hydrogen-bond acceptors (Lipinski definition) is 4. The third-order valence-corrected chi connectivity index (χ3v) is 4.32. The van der Waals surface area contributed by atoms with Gasteiger partial charge < -0.3 is 20.3 Å². The SMILES string of the molecule is CN(C)C(=O)CNC(=NCc1ccccc1F)NCCCN1CCOCC1. The van der Waals surface area contributed by atoms with Gasteiger partial charge in [-0.05, 0) is 19.0 Å². The van der Waals surface area contributed by atoms with Crippen LogP contribution in [0.15, 0.2) is 29.3 Å². The van der Waals surface area contributed by atoms with Crippen molar-refractivity contribution in [3.05, 3.63) is 35.6 Å². The molecule has 0 aliphatic carbocycles. The van der Waals surface area contributed by atoms with Crippen molar-refractivity contribution < 1.29 is 13.9 Å². The predicted octanol–water partition coefficient (Wildman–Crippen LogP) is 0.671. The normalized spacial score (nSPS) is 15.4.